The Hall–Kier alpha value is -2.02. The average molecular weight is 396 g/mol. The molecule has 0 fully saturated rings. The minimum Gasteiger partial charge on any atom is -0.493 e. The molecule has 24 heavy (non-hydrogen) atoms. The highest BCUT2D eigenvalue weighted by Crippen LogP contribution is 2.36. The number of aromatic nitrogens is 2. The fourth-order valence-electron chi connectivity index (χ4n) is 2.33. The smallest absolute Gasteiger partial charge is 0.251 e. The first-order valence-corrected chi connectivity index (χ1v) is 8.60. The van der Waals surface area contributed by atoms with Gasteiger partial charge in [-0.3, -0.25) is 9.48 Å². The minimum absolute atomic E-state index is 0.136. The summed E-state index contributed by atoms with van der Waals surface area (Å²) in [6.07, 6.45) is 5.56. The molecular formula is C17H22BrN3O3. The van der Waals surface area contributed by atoms with Crippen LogP contribution >= 0.6 is 15.9 Å². The minimum atomic E-state index is -0.136. The number of nitrogens with zero attached hydrogens (tertiary/aromatic N) is 2. The Morgan fingerprint density at radius 3 is 2.83 bits per heavy atom. The quantitative estimate of drug-likeness (QED) is 0.697. The van der Waals surface area contributed by atoms with Crippen molar-refractivity contribution in [2.24, 2.45) is 7.05 Å². The van der Waals surface area contributed by atoms with E-state index >= 15 is 0 Å². The lowest BCUT2D eigenvalue weighted by Gasteiger charge is -2.13. The van der Waals surface area contributed by atoms with E-state index in [4.69, 9.17) is 9.47 Å². The molecule has 0 aliphatic carbocycles. The highest BCUT2D eigenvalue weighted by Gasteiger charge is 2.15. The summed E-state index contributed by atoms with van der Waals surface area (Å²) in [5.41, 5.74) is 1.70. The molecular weight excluding hydrogens is 374 g/mol. The predicted octanol–water partition coefficient (Wildman–Crippen LogP) is 2.95. The summed E-state index contributed by atoms with van der Waals surface area (Å²) >= 11 is 3.43. The van der Waals surface area contributed by atoms with Crippen LogP contribution in [0.25, 0.3) is 0 Å². The van der Waals surface area contributed by atoms with Crippen molar-refractivity contribution in [3.05, 3.63) is 40.1 Å². The third-order valence-corrected chi connectivity index (χ3v) is 4.06. The molecule has 0 bridgehead atoms. The van der Waals surface area contributed by atoms with Gasteiger partial charge < -0.3 is 14.8 Å². The van der Waals surface area contributed by atoms with Gasteiger partial charge in [0.2, 0.25) is 0 Å². The Balaban J connectivity index is 1.93. The van der Waals surface area contributed by atoms with Gasteiger partial charge in [-0.15, -0.1) is 0 Å². The van der Waals surface area contributed by atoms with Crippen molar-refractivity contribution in [2.45, 2.75) is 19.8 Å². The second-order valence-electron chi connectivity index (χ2n) is 5.30. The summed E-state index contributed by atoms with van der Waals surface area (Å²) < 4.78 is 13.3. The molecule has 2 rings (SSSR count). The van der Waals surface area contributed by atoms with Crippen molar-refractivity contribution in [3.8, 4) is 11.5 Å². The van der Waals surface area contributed by atoms with Gasteiger partial charge in [0.15, 0.2) is 11.5 Å². The molecule has 1 heterocycles. The molecule has 1 amide bonds. The number of carbonyl (C=O) groups excluding carboxylic acids is 1. The molecule has 1 aromatic carbocycles. The first kappa shape index (κ1) is 18.3. The molecule has 0 saturated carbocycles. The number of nitrogens with one attached hydrogen (secondary N) is 1. The van der Waals surface area contributed by atoms with Crippen LogP contribution in [0.5, 0.6) is 11.5 Å². The molecule has 2 aromatic rings. The van der Waals surface area contributed by atoms with Gasteiger partial charge in [0.25, 0.3) is 5.91 Å². The Labute approximate surface area is 150 Å². The summed E-state index contributed by atoms with van der Waals surface area (Å²) in [6.45, 7) is 3.02. The van der Waals surface area contributed by atoms with Crippen molar-refractivity contribution in [1.82, 2.24) is 15.1 Å². The second-order valence-corrected chi connectivity index (χ2v) is 6.16. The lowest BCUT2D eigenvalue weighted by molar-refractivity contribution is 0.0952. The maximum atomic E-state index is 12.3. The van der Waals surface area contributed by atoms with Crippen LogP contribution in [-0.2, 0) is 13.5 Å². The molecule has 130 valence electrons. The first-order chi connectivity index (χ1) is 11.5. The summed E-state index contributed by atoms with van der Waals surface area (Å²) in [6, 6.07) is 3.43. The number of halogens is 1. The molecule has 1 N–H and O–H groups in total. The third-order valence-electron chi connectivity index (χ3n) is 3.47. The van der Waals surface area contributed by atoms with Crippen LogP contribution in [0.4, 0.5) is 0 Å². The fourth-order valence-corrected chi connectivity index (χ4v) is 2.89. The van der Waals surface area contributed by atoms with Crippen molar-refractivity contribution in [3.63, 3.8) is 0 Å². The van der Waals surface area contributed by atoms with E-state index in [2.05, 4.69) is 26.3 Å². The molecule has 6 nitrogen and oxygen atoms in total. The lowest BCUT2D eigenvalue weighted by Crippen LogP contribution is -2.24. The molecule has 1 aromatic heterocycles. The monoisotopic (exact) mass is 395 g/mol. The average Bonchev–Trinajstić information content (AvgIpc) is 2.98. The predicted molar refractivity (Wildman–Crippen MR) is 95.7 cm³/mol. The van der Waals surface area contributed by atoms with Crippen LogP contribution in [0.15, 0.2) is 29.0 Å². The van der Waals surface area contributed by atoms with Gasteiger partial charge in [-0.25, -0.2) is 0 Å². The van der Waals surface area contributed by atoms with Gasteiger partial charge >= 0.3 is 0 Å². The van der Waals surface area contributed by atoms with E-state index in [0.717, 1.165) is 18.4 Å². The van der Waals surface area contributed by atoms with Gasteiger partial charge in [0.05, 0.1) is 24.4 Å². The van der Waals surface area contributed by atoms with E-state index in [1.165, 1.54) is 0 Å². The van der Waals surface area contributed by atoms with Crippen LogP contribution in [-0.4, -0.2) is 35.9 Å². The zero-order chi connectivity index (χ0) is 17.5. The molecule has 0 saturated heterocycles. The van der Waals surface area contributed by atoms with Gasteiger partial charge in [-0.1, -0.05) is 0 Å². The largest absolute Gasteiger partial charge is 0.493 e. The number of amides is 1. The number of rotatable bonds is 8. The Kier molecular flexibility index (Phi) is 6.66. The summed E-state index contributed by atoms with van der Waals surface area (Å²) in [4.78, 5) is 12.3. The molecule has 0 radical (unpaired) electrons. The number of methoxy groups -OCH3 is 1. The van der Waals surface area contributed by atoms with Crippen LogP contribution in [0.2, 0.25) is 0 Å². The highest BCUT2D eigenvalue weighted by molar-refractivity contribution is 9.10. The van der Waals surface area contributed by atoms with Crippen molar-refractivity contribution in [2.75, 3.05) is 20.3 Å². The van der Waals surface area contributed by atoms with Crippen molar-refractivity contribution < 1.29 is 14.3 Å². The molecule has 0 unspecified atom stereocenters. The number of hydrogen-bond acceptors (Lipinski definition) is 4. The van der Waals surface area contributed by atoms with Gasteiger partial charge in [-0.2, -0.15) is 5.10 Å². The number of benzene rings is 1. The zero-order valence-electron chi connectivity index (χ0n) is 14.1. The topological polar surface area (TPSA) is 65.4 Å². The number of aryl methyl sites for hydroxylation is 2. The summed E-state index contributed by atoms with van der Waals surface area (Å²) in [5, 5.41) is 7.05. The van der Waals surface area contributed by atoms with Gasteiger partial charge in [0.1, 0.15) is 0 Å². The van der Waals surface area contributed by atoms with E-state index < -0.39 is 0 Å². The van der Waals surface area contributed by atoms with Crippen LogP contribution in [0, 0.1) is 0 Å². The van der Waals surface area contributed by atoms with Crippen LogP contribution in [0.1, 0.15) is 29.3 Å². The number of carbonyl (C=O) groups is 1. The van der Waals surface area contributed by atoms with Gasteiger partial charge in [0, 0.05) is 25.4 Å². The standard InChI is InChI=1S/C17H22BrN3O3/c1-4-24-16-14(18)8-13(9-15(16)23-3)17(22)19-7-5-6-12-10-20-21(2)11-12/h8-11H,4-7H2,1-3H3,(H,19,22). The normalized spacial score (nSPS) is 10.5. The van der Waals surface area contributed by atoms with E-state index in [-0.39, 0.29) is 5.91 Å². The lowest BCUT2D eigenvalue weighted by atomic mass is 10.1. The van der Waals surface area contributed by atoms with E-state index in [0.29, 0.717) is 34.7 Å². The molecule has 0 atom stereocenters. The molecule has 7 heteroatoms. The van der Waals surface area contributed by atoms with Crippen LogP contribution < -0.4 is 14.8 Å². The Bertz CT molecular complexity index is 700. The maximum Gasteiger partial charge on any atom is 0.251 e. The number of hydrogen-bond donors (Lipinski definition) is 1. The van der Waals surface area contributed by atoms with Gasteiger partial charge in [-0.05, 0) is 53.4 Å². The molecule has 0 spiro atoms. The summed E-state index contributed by atoms with van der Waals surface area (Å²) in [5.74, 6) is 1.00. The van der Waals surface area contributed by atoms with E-state index in [9.17, 15) is 4.79 Å². The van der Waals surface area contributed by atoms with E-state index in [1.54, 1.807) is 23.9 Å². The SMILES string of the molecule is CCOc1c(Br)cc(C(=O)NCCCc2cnn(C)c2)cc1OC. The number of ether oxygens (including phenoxy) is 2. The van der Waals surface area contributed by atoms with Crippen molar-refractivity contribution in [1.29, 1.82) is 0 Å². The molecule has 0 aliphatic rings. The Morgan fingerprint density at radius 1 is 1.42 bits per heavy atom. The fraction of sp³-hybridized carbons (Fsp3) is 0.412. The van der Waals surface area contributed by atoms with Crippen LogP contribution in [0.3, 0.4) is 0 Å². The third kappa shape index (κ3) is 4.74. The second kappa shape index (κ2) is 8.73. The summed E-state index contributed by atoms with van der Waals surface area (Å²) in [7, 11) is 3.45. The maximum absolute atomic E-state index is 12.3. The Morgan fingerprint density at radius 2 is 2.21 bits per heavy atom. The van der Waals surface area contributed by atoms with Crippen molar-refractivity contribution >= 4 is 21.8 Å². The zero-order valence-corrected chi connectivity index (χ0v) is 15.7. The highest BCUT2D eigenvalue weighted by atomic mass is 79.9. The van der Waals surface area contributed by atoms with E-state index in [1.807, 2.05) is 26.4 Å². The first-order valence-electron chi connectivity index (χ1n) is 7.81. The molecule has 0 aliphatic heterocycles.